The maximum atomic E-state index is 12.2. The number of aryl methyl sites for hydroxylation is 2. The van der Waals surface area contributed by atoms with Crippen LogP contribution < -0.4 is 4.72 Å². The quantitative estimate of drug-likeness (QED) is 0.705. The maximum absolute atomic E-state index is 12.2. The summed E-state index contributed by atoms with van der Waals surface area (Å²) in [6.45, 7) is 4.04. The first-order valence-corrected chi connectivity index (χ1v) is 10.0. The van der Waals surface area contributed by atoms with Gasteiger partial charge in [-0.05, 0) is 37.6 Å². The molecule has 0 bridgehead atoms. The van der Waals surface area contributed by atoms with Crippen LogP contribution >= 0.6 is 11.3 Å². The summed E-state index contributed by atoms with van der Waals surface area (Å²) in [7, 11) is -3.52. The molecule has 0 aliphatic rings. The smallest absolute Gasteiger partial charge is 0.234 e. The van der Waals surface area contributed by atoms with E-state index in [2.05, 4.69) is 9.71 Å². The van der Waals surface area contributed by atoms with Crippen LogP contribution in [-0.4, -0.2) is 13.4 Å². The molecule has 2 heterocycles. The number of nitrogens with one attached hydrogen (secondary N) is 1. The van der Waals surface area contributed by atoms with Gasteiger partial charge in [-0.25, -0.2) is 18.1 Å². The Bertz CT molecular complexity index is 970. The number of sulfonamides is 1. The van der Waals surface area contributed by atoms with Crippen molar-refractivity contribution < 1.29 is 12.8 Å². The topological polar surface area (TPSA) is 72.2 Å². The highest BCUT2D eigenvalue weighted by molar-refractivity contribution is 7.92. The third-order valence-corrected chi connectivity index (χ3v) is 5.79. The summed E-state index contributed by atoms with van der Waals surface area (Å²) < 4.78 is 32.2. The lowest BCUT2D eigenvalue weighted by Crippen LogP contribution is -2.20. The van der Waals surface area contributed by atoms with Crippen molar-refractivity contribution in [3.8, 4) is 10.8 Å². The number of furan rings is 1. The van der Waals surface area contributed by atoms with Gasteiger partial charge >= 0.3 is 0 Å². The monoisotopic (exact) mass is 374 g/mol. The van der Waals surface area contributed by atoms with Crippen LogP contribution in [0.3, 0.4) is 0 Å². The van der Waals surface area contributed by atoms with Gasteiger partial charge in [0.05, 0.1) is 12.0 Å². The van der Waals surface area contributed by atoms with Gasteiger partial charge in [-0.1, -0.05) is 29.8 Å². The third-order valence-electron chi connectivity index (χ3n) is 3.58. The number of hydrogen-bond acceptors (Lipinski definition) is 5. The lowest BCUT2D eigenvalue weighted by molar-refractivity contribution is 0.581. The summed E-state index contributed by atoms with van der Waals surface area (Å²) in [5.74, 6) is 0.682. The molecule has 5 nitrogen and oxygen atoms in total. The first-order chi connectivity index (χ1) is 11.9. The summed E-state index contributed by atoms with van der Waals surface area (Å²) in [6, 6.07) is 11.3. The van der Waals surface area contributed by atoms with Crippen molar-refractivity contribution in [2.75, 3.05) is 0 Å². The van der Waals surface area contributed by atoms with Gasteiger partial charge in [0.25, 0.3) is 0 Å². The van der Waals surface area contributed by atoms with Crippen LogP contribution in [-0.2, 0) is 16.6 Å². The molecule has 0 saturated heterocycles. The van der Waals surface area contributed by atoms with E-state index in [4.69, 9.17) is 4.42 Å². The number of thiazole rings is 1. The van der Waals surface area contributed by atoms with Gasteiger partial charge in [0, 0.05) is 16.8 Å². The third kappa shape index (κ3) is 4.66. The van der Waals surface area contributed by atoms with E-state index in [-0.39, 0.29) is 6.54 Å². The molecular weight excluding hydrogens is 356 g/mol. The Hall–Kier alpha value is -2.22. The van der Waals surface area contributed by atoms with Crippen molar-refractivity contribution in [2.24, 2.45) is 0 Å². The van der Waals surface area contributed by atoms with Gasteiger partial charge in [0.2, 0.25) is 10.0 Å². The van der Waals surface area contributed by atoms with Crippen LogP contribution in [0.15, 0.2) is 52.5 Å². The predicted molar refractivity (Wildman–Crippen MR) is 101 cm³/mol. The Morgan fingerprint density at radius 1 is 1.20 bits per heavy atom. The Morgan fingerprint density at radius 3 is 2.64 bits per heavy atom. The molecule has 0 aliphatic carbocycles. The van der Waals surface area contributed by atoms with E-state index in [0.717, 1.165) is 26.7 Å². The van der Waals surface area contributed by atoms with E-state index in [1.54, 1.807) is 18.4 Å². The van der Waals surface area contributed by atoms with Crippen molar-refractivity contribution in [1.82, 2.24) is 9.71 Å². The fraction of sp³-hybridized carbons (Fsp3) is 0.167. The second-order valence-corrected chi connectivity index (χ2v) is 8.32. The van der Waals surface area contributed by atoms with Crippen LogP contribution in [0.2, 0.25) is 0 Å². The second kappa shape index (κ2) is 7.35. The van der Waals surface area contributed by atoms with E-state index >= 15 is 0 Å². The van der Waals surface area contributed by atoms with E-state index in [0.29, 0.717) is 5.76 Å². The van der Waals surface area contributed by atoms with Gasteiger partial charge in [-0.15, -0.1) is 11.3 Å². The molecule has 25 heavy (non-hydrogen) atoms. The molecule has 0 aliphatic heterocycles. The molecule has 1 aromatic carbocycles. The zero-order valence-electron chi connectivity index (χ0n) is 13.9. The fourth-order valence-corrected chi connectivity index (χ4v) is 4.00. The van der Waals surface area contributed by atoms with Gasteiger partial charge < -0.3 is 4.42 Å². The Balaban J connectivity index is 1.67. The first kappa shape index (κ1) is 17.6. The van der Waals surface area contributed by atoms with Crippen LogP contribution in [0.25, 0.3) is 16.8 Å². The molecule has 0 unspecified atom stereocenters. The summed E-state index contributed by atoms with van der Waals surface area (Å²) in [5.41, 5.74) is 2.76. The molecular formula is C18H18N2O3S2. The molecule has 130 valence electrons. The Morgan fingerprint density at radius 2 is 1.96 bits per heavy atom. The van der Waals surface area contributed by atoms with Crippen molar-refractivity contribution in [3.63, 3.8) is 0 Å². The van der Waals surface area contributed by atoms with Crippen LogP contribution in [0.4, 0.5) is 0 Å². The molecule has 7 heteroatoms. The largest absolute Gasteiger partial charge is 0.462 e. The van der Waals surface area contributed by atoms with Crippen LogP contribution in [0, 0.1) is 13.8 Å². The highest BCUT2D eigenvalue weighted by atomic mass is 32.2. The molecule has 0 atom stereocenters. The van der Waals surface area contributed by atoms with Gasteiger partial charge in [0.1, 0.15) is 0 Å². The lowest BCUT2D eigenvalue weighted by atomic mass is 10.2. The standard InChI is InChI=1S/C18H18N2O3S2/c1-13-5-7-15(8-6-13)9-11-25(21,22)19-12-17-14(2)20-18(24-17)16-4-3-10-23-16/h3-11,19H,12H2,1-2H3. The highest BCUT2D eigenvalue weighted by Crippen LogP contribution is 2.28. The summed E-state index contributed by atoms with van der Waals surface area (Å²) >= 11 is 1.42. The predicted octanol–water partition coefficient (Wildman–Crippen LogP) is 4.11. The molecule has 1 N–H and O–H groups in total. The van der Waals surface area contributed by atoms with Crippen molar-refractivity contribution >= 4 is 27.4 Å². The van der Waals surface area contributed by atoms with Gasteiger partial charge in [-0.2, -0.15) is 0 Å². The molecule has 3 rings (SSSR count). The first-order valence-electron chi connectivity index (χ1n) is 7.67. The van der Waals surface area contributed by atoms with E-state index in [1.165, 1.54) is 16.7 Å². The van der Waals surface area contributed by atoms with Crippen molar-refractivity contribution in [3.05, 3.63) is 69.8 Å². The minimum absolute atomic E-state index is 0.199. The molecule has 0 fully saturated rings. The number of hydrogen-bond donors (Lipinski definition) is 1. The zero-order chi connectivity index (χ0) is 17.9. The van der Waals surface area contributed by atoms with Crippen molar-refractivity contribution in [1.29, 1.82) is 0 Å². The Kier molecular flexibility index (Phi) is 5.17. The average molecular weight is 374 g/mol. The Labute approximate surface area is 151 Å². The van der Waals surface area contributed by atoms with Crippen LogP contribution in [0.5, 0.6) is 0 Å². The minimum Gasteiger partial charge on any atom is -0.462 e. The lowest BCUT2D eigenvalue weighted by Gasteiger charge is -2.01. The average Bonchev–Trinajstić information content (AvgIpc) is 3.22. The summed E-state index contributed by atoms with van der Waals surface area (Å²) in [5, 5.41) is 1.92. The highest BCUT2D eigenvalue weighted by Gasteiger charge is 2.13. The van der Waals surface area contributed by atoms with E-state index in [1.807, 2.05) is 44.2 Å². The number of aromatic nitrogens is 1. The van der Waals surface area contributed by atoms with Crippen molar-refractivity contribution in [2.45, 2.75) is 20.4 Å². The molecule has 2 aromatic heterocycles. The molecule has 0 radical (unpaired) electrons. The fourth-order valence-electron chi connectivity index (χ4n) is 2.16. The van der Waals surface area contributed by atoms with Gasteiger partial charge in [-0.3, -0.25) is 0 Å². The zero-order valence-corrected chi connectivity index (χ0v) is 15.5. The maximum Gasteiger partial charge on any atom is 0.234 e. The van der Waals surface area contributed by atoms with E-state index < -0.39 is 10.0 Å². The number of benzene rings is 1. The van der Waals surface area contributed by atoms with Crippen LogP contribution in [0.1, 0.15) is 21.7 Å². The second-order valence-electron chi connectivity index (χ2n) is 5.58. The number of rotatable bonds is 6. The number of nitrogens with zero attached hydrogens (tertiary/aromatic N) is 1. The van der Waals surface area contributed by atoms with E-state index in [9.17, 15) is 8.42 Å². The summed E-state index contributed by atoms with van der Waals surface area (Å²) in [6.07, 6.45) is 3.17. The SMILES string of the molecule is Cc1ccc(C=CS(=O)(=O)NCc2sc(-c3ccco3)nc2C)cc1. The van der Waals surface area contributed by atoms with Gasteiger partial charge in [0.15, 0.2) is 10.8 Å². The molecule has 0 spiro atoms. The molecule has 0 saturated carbocycles. The summed E-state index contributed by atoms with van der Waals surface area (Å²) in [4.78, 5) is 5.29. The minimum atomic E-state index is -3.52. The normalized spacial score (nSPS) is 12.1. The molecule has 0 amide bonds. The molecule has 3 aromatic rings.